The fourth-order valence-electron chi connectivity index (χ4n) is 4.88. The van der Waals surface area contributed by atoms with Crippen LogP contribution in [0.25, 0.3) is 5.65 Å². The number of nitrogens with zero attached hydrogens (tertiary/aromatic N) is 5. The second kappa shape index (κ2) is 6.49. The highest BCUT2D eigenvalue weighted by molar-refractivity contribution is 5.37. The average Bonchev–Trinajstić information content (AvgIpc) is 3.30. The van der Waals surface area contributed by atoms with Gasteiger partial charge in [-0.25, -0.2) is 14.5 Å². The van der Waals surface area contributed by atoms with Crippen LogP contribution in [0.3, 0.4) is 0 Å². The molecule has 4 heterocycles. The summed E-state index contributed by atoms with van der Waals surface area (Å²) < 4.78 is 1.92. The Labute approximate surface area is 170 Å². The molecule has 3 aromatic heterocycles. The summed E-state index contributed by atoms with van der Waals surface area (Å²) in [6, 6.07) is 6.14. The van der Waals surface area contributed by atoms with E-state index in [0.717, 1.165) is 73.7 Å². The lowest BCUT2D eigenvalue weighted by Gasteiger charge is -2.39. The third kappa shape index (κ3) is 3.08. The van der Waals surface area contributed by atoms with E-state index in [2.05, 4.69) is 46.8 Å². The number of H-pyrrole nitrogens is 1. The molecule has 1 aliphatic carbocycles. The van der Waals surface area contributed by atoms with E-state index in [1.54, 1.807) is 6.33 Å². The Kier molecular flexibility index (Phi) is 4.13. The molecule has 7 heteroatoms. The van der Waals surface area contributed by atoms with Crippen molar-refractivity contribution in [1.29, 1.82) is 0 Å². The van der Waals surface area contributed by atoms with Gasteiger partial charge in [-0.1, -0.05) is 26.8 Å². The quantitative estimate of drug-likeness (QED) is 0.725. The summed E-state index contributed by atoms with van der Waals surface area (Å²) >= 11 is 0. The minimum Gasteiger partial charge on any atom is -0.310 e. The van der Waals surface area contributed by atoms with Crippen molar-refractivity contribution in [2.45, 2.75) is 63.8 Å². The molecule has 152 valence electrons. The Morgan fingerprint density at radius 1 is 1.17 bits per heavy atom. The predicted octanol–water partition coefficient (Wildman–Crippen LogP) is 2.59. The number of pyridine rings is 1. The van der Waals surface area contributed by atoms with Gasteiger partial charge in [-0.3, -0.25) is 9.69 Å². The molecule has 29 heavy (non-hydrogen) atoms. The van der Waals surface area contributed by atoms with Gasteiger partial charge >= 0.3 is 0 Å². The zero-order chi connectivity index (χ0) is 20.2. The van der Waals surface area contributed by atoms with Crippen LogP contribution >= 0.6 is 0 Å². The maximum atomic E-state index is 12.7. The third-order valence-corrected chi connectivity index (χ3v) is 6.66. The lowest BCUT2D eigenvalue weighted by atomic mass is 9.76. The number of piperidine rings is 1. The van der Waals surface area contributed by atoms with E-state index in [1.807, 2.05) is 16.6 Å². The van der Waals surface area contributed by atoms with E-state index in [0.29, 0.717) is 0 Å². The Morgan fingerprint density at radius 3 is 2.72 bits per heavy atom. The van der Waals surface area contributed by atoms with Crippen LogP contribution in [0.15, 0.2) is 29.3 Å². The SMILES string of the molecule is CC(C)(C)c1nc2c(c(=O)[nH]1)CCC21CCN(Cc2cccc3ncnn23)CC1. The minimum absolute atomic E-state index is 0.0549. The lowest BCUT2D eigenvalue weighted by molar-refractivity contribution is 0.147. The second-order valence-corrected chi connectivity index (χ2v) is 9.60. The van der Waals surface area contributed by atoms with Crippen LogP contribution in [0, 0.1) is 0 Å². The smallest absolute Gasteiger partial charge is 0.254 e. The van der Waals surface area contributed by atoms with Crippen LogP contribution in [0.2, 0.25) is 0 Å². The first-order valence-electron chi connectivity index (χ1n) is 10.5. The van der Waals surface area contributed by atoms with Crippen molar-refractivity contribution in [3.8, 4) is 0 Å². The number of aromatic nitrogens is 5. The summed E-state index contributed by atoms with van der Waals surface area (Å²) in [5.41, 5.74) is 4.00. The summed E-state index contributed by atoms with van der Waals surface area (Å²) in [6.45, 7) is 9.18. The molecule has 0 amide bonds. The predicted molar refractivity (Wildman–Crippen MR) is 111 cm³/mol. The van der Waals surface area contributed by atoms with Crippen LogP contribution in [0.5, 0.6) is 0 Å². The maximum Gasteiger partial charge on any atom is 0.254 e. The zero-order valence-electron chi connectivity index (χ0n) is 17.4. The first kappa shape index (κ1) is 18.5. The van der Waals surface area contributed by atoms with Crippen LogP contribution in [-0.2, 0) is 23.8 Å². The molecule has 0 radical (unpaired) electrons. The molecule has 7 nitrogen and oxygen atoms in total. The highest BCUT2D eigenvalue weighted by Crippen LogP contribution is 2.44. The highest BCUT2D eigenvalue weighted by Gasteiger charge is 2.44. The van der Waals surface area contributed by atoms with Gasteiger partial charge in [0.1, 0.15) is 12.2 Å². The van der Waals surface area contributed by atoms with Gasteiger partial charge in [-0.2, -0.15) is 5.10 Å². The highest BCUT2D eigenvalue weighted by atomic mass is 16.1. The van der Waals surface area contributed by atoms with Crippen LogP contribution in [0.1, 0.15) is 62.8 Å². The first-order chi connectivity index (χ1) is 13.9. The number of hydrogen-bond donors (Lipinski definition) is 1. The van der Waals surface area contributed by atoms with Crippen molar-refractivity contribution in [3.05, 3.63) is 57.7 Å². The van der Waals surface area contributed by atoms with Crippen molar-refractivity contribution in [2.24, 2.45) is 0 Å². The minimum atomic E-state index is -0.158. The molecular weight excluding hydrogens is 364 g/mol. The molecule has 1 N–H and O–H groups in total. The van der Waals surface area contributed by atoms with Crippen LogP contribution in [0.4, 0.5) is 0 Å². The van der Waals surface area contributed by atoms with Gasteiger partial charge in [0.2, 0.25) is 0 Å². The van der Waals surface area contributed by atoms with Crippen LogP contribution in [-0.4, -0.2) is 42.6 Å². The molecule has 1 saturated heterocycles. The topological polar surface area (TPSA) is 79.2 Å². The number of likely N-dealkylation sites (tertiary alicyclic amines) is 1. The van der Waals surface area contributed by atoms with Gasteiger partial charge in [0.25, 0.3) is 5.56 Å². The van der Waals surface area contributed by atoms with E-state index in [9.17, 15) is 4.79 Å². The molecule has 0 aromatic carbocycles. The zero-order valence-corrected chi connectivity index (χ0v) is 17.4. The van der Waals surface area contributed by atoms with E-state index >= 15 is 0 Å². The Bertz CT molecular complexity index is 1110. The van der Waals surface area contributed by atoms with E-state index in [-0.39, 0.29) is 16.4 Å². The van der Waals surface area contributed by atoms with Crippen molar-refractivity contribution in [2.75, 3.05) is 13.1 Å². The number of aromatic amines is 1. The molecule has 0 bridgehead atoms. The van der Waals surface area contributed by atoms with Gasteiger partial charge in [0, 0.05) is 22.9 Å². The summed E-state index contributed by atoms with van der Waals surface area (Å²) in [6.07, 6.45) is 5.59. The van der Waals surface area contributed by atoms with Crippen molar-refractivity contribution in [1.82, 2.24) is 29.5 Å². The van der Waals surface area contributed by atoms with Crippen molar-refractivity contribution >= 4 is 5.65 Å². The summed E-state index contributed by atoms with van der Waals surface area (Å²) in [5.74, 6) is 0.808. The molecule has 1 spiro atoms. The summed E-state index contributed by atoms with van der Waals surface area (Å²) in [7, 11) is 0. The lowest BCUT2D eigenvalue weighted by Crippen LogP contribution is -2.42. The fourth-order valence-corrected chi connectivity index (χ4v) is 4.88. The Hall–Kier alpha value is -2.54. The molecule has 5 rings (SSSR count). The number of nitrogens with one attached hydrogen (secondary N) is 1. The molecule has 3 aromatic rings. The van der Waals surface area contributed by atoms with Gasteiger partial charge in [0.15, 0.2) is 5.65 Å². The maximum absolute atomic E-state index is 12.7. The molecule has 2 aliphatic rings. The molecule has 1 aliphatic heterocycles. The standard InChI is InChI=1S/C22H28N6O/c1-21(2,3)20-25-18-16(19(29)26-20)7-8-22(18)9-11-27(12-10-22)13-15-5-4-6-17-23-14-24-28(15)17/h4-6,14H,7-13H2,1-3H3,(H,25,26,29). The van der Waals surface area contributed by atoms with Crippen LogP contribution < -0.4 is 5.56 Å². The van der Waals surface area contributed by atoms with E-state index < -0.39 is 0 Å². The largest absolute Gasteiger partial charge is 0.310 e. The van der Waals surface area contributed by atoms with E-state index in [4.69, 9.17) is 4.98 Å². The van der Waals surface area contributed by atoms with Gasteiger partial charge in [0.05, 0.1) is 11.4 Å². The Balaban J connectivity index is 1.38. The summed E-state index contributed by atoms with van der Waals surface area (Å²) in [5, 5.41) is 4.36. The van der Waals surface area contributed by atoms with Crippen molar-refractivity contribution in [3.63, 3.8) is 0 Å². The molecule has 0 unspecified atom stereocenters. The second-order valence-electron chi connectivity index (χ2n) is 9.60. The van der Waals surface area contributed by atoms with Crippen molar-refractivity contribution < 1.29 is 0 Å². The van der Waals surface area contributed by atoms with E-state index in [1.165, 1.54) is 0 Å². The van der Waals surface area contributed by atoms with Gasteiger partial charge < -0.3 is 4.98 Å². The average molecular weight is 393 g/mol. The number of hydrogen-bond acceptors (Lipinski definition) is 5. The van der Waals surface area contributed by atoms with Gasteiger partial charge in [-0.05, 0) is 50.9 Å². The molecule has 0 atom stereocenters. The first-order valence-corrected chi connectivity index (χ1v) is 10.5. The fraction of sp³-hybridized carbons (Fsp3) is 0.545. The summed E-state index contributed by atoms with van der Waals surface area (Å²) in [4.78, 5) is 27.5. The molecule has 1 fully saturated rings. The number of rotatable bonds is 2. The Morgan fingerprint density at radius 2 is 1.97 bits per heavy atom. The monoisotopic (exact) mass is 392 g/mol. The third-order valence-electron chi connectivity index (χ3n) is 6.66. The van der Waals surface area contributed by atoms with Gasteiger partial charge in [-0.15, -0.1) is 0 Å². The molecular formula is C22H28N6O. The molecule has 0 saturated carbocycles. The normalized spacial score (nSPS) is 19.1. The number of fused-ring (bicyclic) bond motifs is 3.